The maximum Gasteiger partial charge on any atom is 0.253 e. The number of amides is 1. The fourth-order valence-corrected chi connectivity index (χ4v) is 4.71. The third kappa shape index (κ3) is 3.33. The van der Waals surface area contributed by atoms with Crippen molar-refractivity contribution in [1.29, 1.82) is 0 Å². The van der Waals surface area contributed by atoms with Gasteiger partial charge in [-0.15, -0.1) is 0 Å². The molecule has 0 radical (unpaired) electrons. The summed E-state index contributed by atoms with van der Waals surface area (Å²) in [4.78, 5) is 22.9. The van der Waals surface area contributed by atoms with Crippen LogP contribution in [-0.4, -0.2) is 48.7 Å². The summed E-state index contributed by atoms with van der Waals surface area (Å²) < 4.78 is 5.47. The minimum Gasteiger partial charge on any atom is -0.378 e. The van der Waals surface area contributed by atoms with Gasteiger partial charge in [-0.05, 0) is 29.8 Å². The second-order valence-corrected chi connectivity index (χ2v) is 8.33. The van der Waals surface area contributed by atoms with Gasteiger partial charge in [-0.25, -0.2) is 0 Å². The van der Waals surface area contributed by atoms with E-state index in [1.807, 2.05) is 24.4 Å². The van der Waals surface area contributed by atoms with E-state index in [0.29, 0.717) is 6.54 Å². The number of morpholine rings is 1. The Morgan fingerprint density at radius 3 is 2.84 bits per heavy atom. The van der Waals surface area contributed by atoms with Crippen LogP contribution in [-0.2, 0) is 11.2 Å². The SMILES string of the molecule is O=C1NCCc2[nH]c3c(ccc4cnc(C=Cc5cccc(N6CCOCC6)c5)cc43)c21. The Balaban J connectivity index is 1.35. The molecule has 2 N–H and O–H groups in total. The molecule has 0 spiro atoms. The van der Waals surface area contributed by atoms with E-state index in [0.717, 1.165) is 76.9 Å². The number of carbonyl (C=O) groups is 1. The van der Waals surface area contributed by atoms with Crippen molar-refractivity contribution >= 4 is 45.4 Å². The third-order valence-corrected chi connectivity index (χ3v) is 6.35. The van der Waals surface area contributed by atoms with Gasteiger partial charge in [0.15, 0.2) is 0 Å². The van der Waals surface area contributed by atoms with E-state index >= 15 is 0 Å². The molecular weight excluding hydrogens is 400 g/mol. The highest BCUT2D eigenvalue weighted by Gasteiger charge is 2.22. The molecule has 2 aliphatic rings. The Bertz CT molecular complexity index is 1370. The van der Waals surface area contributed by atoms with Crippen LogP contribution >= 0.6 is 0 Å². The van der Waals surface area contributed by atoms with Crippen molar-refractivity contribution in [2.75, 3.05) is 37.7 Å². The second-order valence-electron chi connectivity index (χ2n) is 8.33. The van der Waals surface area contributed by atoms with Crippen LogP contribution in [0.4, 0.5) is 5.69 Å². The summed E-state index contributed by atoms with van der Waals surface area (Å²) >= 11 is 0. The van der Waals surface area contributed by atoms with Gasteiger partial charge in [0.25, 0.3) is 5.91 Å². The molecule has 0 unspecified atom stereocenters. The molecular formula is C26H24N4O2. The smallest absolute Gasteiger partial charge is 0.253 e. The van der Waals surface area contributed by atoms with Crippen LogP contribution in [0.1, 0.15) is 27.3 Å². The predicted molar refractivity (Wildman–Crippen MR) is 128 cm³/mol. The first-order valence-electron chi connectivity index (χ1n) is 11.1. The molecule has 4 heterocycles. The van der Waals surface area contributed by atoms with E-state index in [2.05, 4.69) is 56.6 Å². The number of pyridine rings is 1. The molecule has 0 atom stereocenters. The summed E-state index contributed by atoms with van der Waals surface area (Å²) in [7, 11) is 0. The number of ether oxygens (including phenoxy) is 1. The lowest BCUT2D eigenvalue weighted by Crippen LogP contribution is -2.36. The number of rotatable bonds is 3. The summed E-state index contributed by atoms with van der Waals surface area (Å²) in [6.07, 6.45) is 6.88. The zero-order valence-electron chi connectivity index (χ0n) is 17.7. The van der Waals surface area contributed by atoms with Crippen molar-refractivity contribution < 1.29 is 9.53 Å². The largest absolute Gasteiger partial charge is 0.378 e. The number of nitrogens with zero attached hydrogens (tertiary/aromatic N) is 2. The van der Waals surface area contributed by atoms with Crippen LogP contribution in [0.25, 0.3) is 33.8 Å². The molecule has 0 bridgehead atoms. The van der Waals surface area contributed by atoms with Gasteiger partial charge < -0.3 is 19.9 Å². The van der Waals surface area contributed by atoms with E-state index in [1.54, 1.807) is 0 Å². The van der Waals surface area contributed by atoms with E-state index in [-0.39, 0.29) is 5.91 Å². The van der Waals surface area contributed by atoms with Gasteiger partial charge in [0.05, 0.1) is 30.0 Å². The van der Waals surface area contributed by atoms with Crippen LogP contribution in [0.15, 0.2) is 48.7 Å². The second kappa shape index (κ2) is 7.80. The van der Waals surface area contributed by atoms with Crippen LogP contribution in [0, 0.1) is 0 Å². The number of H-pyrrole nitrogens is 1. The maximum atomic E-state index is 12.4. The van der Waals surface area contributed by atoms with Crippen LogP contribution in [0.5, 0.6) is 0 Å². The normalized spacial score (nSPS) is 16.6. The van der Waals surface area contributed by atoms with E-state index < -0.39 is 0 Å². The summed E-state index contributed by atoms with van der Waals surface area (Å²) in [6.45, 7) is 4.08. The Labute approximate surface area is 185 Å². The molecule has 160 valence electrons. The Morgan fingerprint density at radius 1 is 1.03 bits per heavy atom. The molecule has 2 aromatic heterocycles. The van der Waals surface area contributed by atoms with Gasteiger partial charge in [-0.2, -0.15) is 0 Å². The number of nitrogens with one attached hydrogen (secondary N) is 2. The molecule has 32 heavy (non-hydrogen) atoms. The van der Waals surface area contributed by atoms with Gasteiger partial charge in [0.2, 0.25) is 0 Å². The summed E-state index contributed by atoms with van der Waals surface area (Å²) in [5.41, 5.74) is 6.06. The number of benzene rings is 2. The number of carbonyl (C=O) groups excluding carboxylic acids is 1. The number of aromatic nitrogens is 2. The molecule has 1 saturated heterocycles. The highest BCUT2D eigenvalue weighted by molar-refractivity contribution is 6.15. The third-order valence-electron chi connectivity index (χ3n) is 6.35. The first-order chi connectivity index (χ1) is 15.8. The van der Waals surface area contributed by atoms with Gasteiger partial charge >= 0.3 is 0 Å². The highest BCUT2D eigenvalue weighted by atomic mass is 16.5. The van der Waals surface area contributed by atoms with Crippen molar-refractivity contribution in [1.82, 2.24) is 15.3 Å². The van der Waals surface area contributed by atoms with Gasteiger partial charge in [0, 0.05) is 59.8 Å². The van der Waals surface area contributed by atoms with Gasteiger partial charge in [0.1, 0.15) is 0 Å². The maximum absolute atomic E-state index is 12.4. The monoisotopic (exact) mass is 424 g/mol. The predicted octanol–water partition coefficient (Wildman–Crippen LogP) is 4.01. The fraction of sp³-hybridized carbons (Fsp3) is 0.231. The summed E-state index contributed by atoms with van der Waals surface area (Å²) in [5, 5.41) is 6.07. The first kappa shape index (κ1) is 19.1. The molecule has 6 heteroatoms. The van der Waals surface area contributed by atoms with Crippen LogP contribution < -0.4 is 10.2 Å². The highest BCUT2D eigenvalue weighted by Crippen LogP contribution is 2.31. The van der Waals surface area contributed by atoms with Crippen molar-refractivity contribution in [2.45, 2.75) is 6.42 Å². The average Bonchev–Trinajstić information content (AvgIpc) is 3.24. The Morgan fingerprint density at radius 2 is 1.94 bits per heavy atom. The Kier molecular flexibility index (Phi) is 4.65. The molecule has 1 amide bonds. The summed E-state index contributed by atoms with van der Waals surface area (Å²) in [5.74, 6) is 0.00572. The topological polar surface area (TPSA) is 70.2 Å². The minimum absolute atomic E-state index is 0.00572. The molecule has 2 aromatic carbocycles. The lowest BCUT2D eigenvalue weighted by molar-refractivity contribution is 0.0947. The lowest BCUT2D eigenvalue weighted by Gasteiger charge is -2.29. The first-order valence-corrected chi connectivity index (χ1v) is 11.1. The molecule has 0 aliphatic carbocycles. The number of hydrogen-bond acceptors (Lipinski definition) is 4. The minimum atomic E-state index is 0.00572. The number of fused-ring (bicyclic) bond motifs is 5. The molecule has 6 nitrogen and oxygen atoms in total. The van der Waals surface area contributed by atoms with E-state index in [9.17, 15) is 4.79 Å². The van der Waals surface area contributed by atoms with E-state index in [4.69, 9.17) is 4.74 Å². The van der Waals surface area contributed by atoms with Crippen molar-refractivity contribution in [2.24, 2.45) is 0 Å². The number of aromatic amines is 1. The molecule has 1 fully saturated rings. The molecule has 2 aliphatic heterocycles. The molecule has 6 rings (SSSR count). The zero-order chi connectivity index (χ0) is 21.5. The van der Waals surface area contributed by atoms with Gasteiger partial charge in [-0.3, -0.25) is 9.78 Å². The molecule has 0 saturated carbocycles. The Hall–Kier alpha value is -3.64. The van der Waals surface area contributed by atoms with Crippen molar-refractivity contribution in [3.63, 3.8) is 0 Å². The average molecular weight is 425 g/mol. The van der Waals surface area contributed by atoms with E-state index in [1.165, 1.54) is 5.69 Å². The van der Waals surface area contributed by atoms with Gasteiger partial charge in [-0.1, -0.05) is 30.3 Å². The fourth-order valence-electron chi connectivity index (χ4n) is 4.71. The number of anilines is 1. The zero-order valence-corrected chi connectivity index (χ0v) is 17.7. The lowest BCUT2D eigenvalue weighted by atomic mass is 10.0. The quantitative estimate of drug-likeness (QED) is 0.521. The van der Waals surface area contributed by atoms with Crippen molar-refractivity contribution in [3.8, 4) is 0 Å². The molecule has 4 aromatic rings. The van der Waals surface area contributed by atoms with Crippen molar-refractivity contribution in [3.05, 3.63) is 71.2 Å². The van der Waals surface area contributed by atoms with Crippen LogP contribution in [0.2, 0.25) is 0 Å². The summed E-state index contributed by atoms with van der Waals surface area (Å²) in [6, 6.07) is 14.7. The van der Waals surface area contributed by atoms with Crippen LogP contribution in [0.3, 0.4) is 0 Å². The number of hydrogen-bond donors (Lipinski definition) is 2. The standard InChI is InChI=1S/C26H24N4O2/c31-26-24-21-7-5-18-16-28-19(15-22(18)25(21)29-23(24)8-9-27-26)6-4-17-2-1-3-20(14-17)30-10-12-32-13-11-30/h1-7,14-16,29H,8-13H2,(H,27,31).